The van der Waals surface area contributed by atoms with Crippen LogP contribution in [0.15, 0.2) is 64.8 Å². The smallest absolute Gasteiger partial charge is 0.324 e. The number of carboxylic acid groups (broad SMARTS) is 1. The van der Waals surface area contributed by atoms with Crippen molar-refractivity contribution in [2.24, 2.45) is 0 Å². The SMILES string of the molecule is O=C(O)CN(c1ccc2c(ccn2-c2ccc(N3CCCNCC3)nn2)c1)S(=O)(=O)C1C=C(Cl)C=C(Cl)C1. The Morgan fingerprint density at radius 3 is 2.63 bits per heavy atom. The van der Waals surface area contributed by atoms with Crippen LogP contribution in [0.2, 0.25) is 0 Å². The zero-order chi connectivity index (χ0) is 26.9. The number of benzene rings is 1. The van der Waals surface area contributed by atoms with Gasteiger partial charge in [0.1, 0.15) is 11.8 Å². The van der Waals surface area contributed by atoms with Crippen molar-refractivity contribution in [2.75, 3.05) is 41.9 Å². The Morgan fingerprint density at radius 1 is 1.11 bits per heavy atom. The van der Waals surface area contributed by atoms with Gasteiger partial charge in [-0.25, -0.2) is 8.42 Å². The molecule has 1 aromatic carbocycles. The molecular weight excluding hydrogens is 551 g/mol. The van der Waals surface area contributed by atoms with Crippen LogP contribution in [0.3, 0.4) is 0 Å². The second kappa shape index (κ2) is 10.9. The summed E-state index contributed by atoms with van der Waals surface area (Å²) in [4.78, 5) is 13.8. The Hall–Kier alpha value is -3.12. The van der Waals surface area contributed by atoms with E-state index in [1.165, 1.54) is 12.2 Å². The third-order valence-corrected chi connectivity index (χ3v) is 9.03. The fraction of sp³-hybridized carbons (Fsp3) is 0.320. The van der Waals surface area contributed by atoms with Gasteiger partial charge in [-0.05, 0) is 61.5 Å². The Bertz CT molecular complexity index is 1510. The molecule has 5 rings (SSSR count). The maximum Gasteiger partial charge on any atom is 0.324 e. The molecule has 2 N–H and O–H groups in total. The third-order valence-electron chi connectivity index (χ3n) is 6.51. The van der Waals surface area contributed by atoms with Gasteiger partial charge >= 0.3 is 5.97 Å². The lowest BCUT2D eigenvalue weighted by Crippen LogP contribution is -2.41. The average molecular weight is 577 g/mol. The number of halogens is 2. The number of sulfonamides is 1. The van der Waals surface area contributed by atoms with Crippen molar-refractivity contribution in [3.05, 3.63) is 64.8 Å². The Balaban J connectivity index is 1.45. The first-order valence-corrected chi connectivity index (χ1v) is 14.4. The van der Waals surface area contributed by atoms with Gasteiger partial charge in [0.05, 0.1) is 11.2 Å². The van der Waals surface area contributed by atoms with Crippen molar-refractivity contribution in [1.82, 2.24) is 20.1 Å². The van der Waals surface area contributed by atoms with Crippen molar-refractivity contribution in [3.8, 4) is 5.82 Å². The van der Waals surface area contributed by atoms with Gasteiger partial charge in [-0.1, -0.05) is 23.2 Å². The van der Waals surface area contributed by atoms with Crippen molar-refractivity contribution in [3.63, 3.8) is 0 Å². The van der Waals surface area contributed by atoms with Crippen LogP contribution in [0.4, 0.5) is 11.5 Å². The number of nitrogens with zero attached hydrogens (tertiary/aromatic N) is 5. The van der Waals surface area contributed by atoms with Crippen LogP contribution in [0.1, 0.15) is 12.8 Å². The molecule has 0 spiro atoms. The molecular formula is C25H26Cl2N6O4S. The molecule has 0 radical (unpaired) electrons. The van der Waals surface area contributed by atoms with Crippen molar-refractivity contribution in [1.29, 1.82) is 0 Å². The number of rotatable bonds is 7. The molecule has 1 saturated heterocycles. The van der Waals surface area contributed by atoms with E-state index >= 15 is 0 Å². The molecule has 2 aromatic heterocycles. The van der Waals surface area contributed by atoms with Crippen LogP contribution in [0.25, 0.3) is 16.7 Å². The molecule has 0 saturated carbocycles. The van der Waals surface area contributed by atoms with Gasteiger partial charge in [0.25, 0.3) is 0 Å². The van der Waals surface area contributed by atoms with E-state index < -0.39 is 27.8 Å². The summed E-state index contributed by atoms with van der Waals surface area (Å²) in [7, 11) is -4.14. The van der Waals surface area contributed by atoms with Gasteiger partial charge < -0.3 is 15.3 Å². The van der Waals surface area contributed by atoms with Crippen LogP contribution in [-0.4, -0.2) is 72.2 Å². The molecule has 38 heavy (non-hydrogen) atoms. The molecule has 3 aromatic rings. The molecule has 2 aliphatic rings. The highest BCUT2D eigenvalue weighted by Gasteiger charge is 2.34. The summed E-state index contributed by atoms with van der Waals surface area (Å²) >= 11 is 12.1. The van der Waals surface area contributed by atoms with E-state index in [2.05, 4.69) is 20.4 Å². The monoisotopic (exact) mass is 576 g/mol. The Labute approximate surface area is 230 Å². The first-order valence-electron chi connectivity index (χ1n) is 12.1. The quantitative estimate of drug-likeness (QED) is 0.438. The number of carboxylic acids is 1. The van der Waals surface area contributed by atoms with Gasteiger partial charge in [-0.2, -0.15) is 0 Å². The molecule has 200 valence electrons. The molecule has 1 fully saturated rings. The number of anilines is 2. The lowest BCUT2D eigenvalue weighted by Gasteiger charge is -2.28. The lowest BCUT2D eigenvalue weighted by molar-refractivity contribution is -0.135. The number of fused-ring (bicyclic) bond motifs is 1. The first kappa shape index (κ1) is 26.5. The summed E-state index contributed by atoms with van der Waals surface area (Å²) in [5.74, 6) is 0.148. The highest BCUT2D eigenvalue weighted by molar-refractivity contribution is 7.93. The summed E-state index contributed by atoms with van der Waals surface area (Å²) in [5.41, 5.74) is 0.998. The number of hydrogen-bond acceptors (Lipinski definition) is 7. The minimum atomic E-state index is -4.14. The standard InChI is InChI=1S/C25H26Cl2N6O4S/c26-18-13-19(27)15-21(14-18)38(36,37)33(16-25(34)35)20-2-3-22-17(12-20)6-10-32(22)24-5-4-23(29-30-24)31-9-1-7-28-8-11-31/h2-6,10,12-14,21,28H,1,7-9,11,15-16H2,(H,34,35). The molecule has 1 aliphatic heterocycles. The van der Waals surface area contributed by atoms with E-state index in [4.69, 9.17) is 23.2 Å². The summed E-state index contributed by atoms with van der Waals surface area (Å²) in [5, 5.41) is 21.8. The second-order valence-electron chi connectivity index (χ2n) is 9.10. The predicted molar refractivity (Wildman–Crippen MR) is 149 cm³/mol. The highest BCUT2D eigenvalue weighted by atomic mass is 35.5. The number of carbonyl (C=O) groups is 1. The Kier molecular flexibility index (Phi) is 7.62. The van der Waals surface area contributed by atoms with Gasteiger partial charge in [-0.15, -0.1) is 10.2 Å². The van der Waals surface area contributed by atoms with E-state index in [0.29, 0.717) is 11.2 Å². The van der Waals surface area contributed by atoms with Crippen LogP contribution >= 0.6 is 23.2 Å². The summed E-state index contributed by atoms with van der Waals surface area (Å²) in [6, 6.07) is 10.6. The average Bonchev–Trinajstić information content (AvgIpc) is 3.11. The molecule has 13 heteroatoms. The second-order valence-corrected chi connectivity index (χ2v) is 12.1. The fourth-order valence-electron chi connectivity index (χ4n) is 4.67. The lowest BCUT2D eigenvalue weighted by atomic mass is 10.2. The molecule has 1 unspecified atom stereocenters. The van der Waals surface area contributed by atoms with Gasteiger partial charge in [-0.3, -0.25) is 13.7 Å². The fourth-order valence-corrected chi connectivity index (χ4v) is 7.19. The molecule has 0 amide bonds. The maximum atomic E-state index is 13.5. The third kappa shape index (κ3) is 5.51. The highest BCUT2D eigenvalue weighted by Crippen LogP contribution is 2.33. The van der Waals surface area contributed by atoms with Crippen LogP contribution < -0.4 is 14.5 Å². The van der Waals surface area contributed by atoms with E-state index in [9.17, 15) is 18.3 Å². The molecule has 10 nitrogen and oxygen atoms in total. The normalized spacial score (nSPS) is 18.6. The van der Waals surface area contributed by atoms with E-state index in [0.717, 1.165) is 48.2 Å². The zero-order valence-corrected chi connectivity index (χ0v) is 22.6. The topological polar surface area (TPSA) is 121 Å². The maximum absolute atomic E-state index is 13.5. The minimum Gasteiger partial charge on any atom is -0.480 e. The number of allylic oxidation sites excluding steroid dienone is 3. The predicted octanol–water partition coefficient (Wildman–Crippen LogP) is 3.46. The number of nitrogens with one attached hydrogen (secondary N) is 1. The van der Waals surface area contributed by atoms with Gasteiger partial charge in [0, 0.05) is 47.7 Å². The number of aromatic nitrogens is 3. The molecule has 1 atom stereocenters. The molecule has 1 aliphatic carbocycles. The van der Waals surface area contributed by atoms with Crippen LogP contribution in [-0.2, 0) is 14.8 Å². The first-order chi connectivity index (χ1) is 18.2. The van der Waals surface area contributed by atoms with Gasteiger partial charge in [0.15, 0.2) is 11.6 Å². The van der Waals surface area contributed by atoms with E-state index in [1.54, 1.807) is 18.2 Å². The minimum absolute atomic E-state index is 0.0114. The Morgan fingerprint density at radius 2 is 1.89 bits per heavy atom. The van der Waals surface area contributed by atoms with Crippen molar-refractivity contribution < 1.29 is 18.3 Å². The summed E-state index contributed by atoms with van der Waals surface area (Å²) in [6.45, 7) is 2.93. The summed E-state index contributed by atoms with van der Waals surface area (Å²) in [6.07, 6.45) is 5.72. The number of aliphatic carboxylic acids is 1. The molecule has 0 bridgehead atoms. The van der Waals surface area contributed by atoms with Crippen LogP contribution in [0, 0.1) is 0 Å². The van der Waals surface area contributed by atoms with Crippen molar-refractivity contribution >= 4 is 61.6 Å². The summed E-state index contributed by atoms with van der Waals surface area (Å²) < 4.78 is 29.7. The van der Waals surface area contributed by atoms with Crippen molar-refractivity contribution in [2.45, 2.75) is 18.1 Å². The zero-order valence-electron chi connectivity index (χ0n) is 20.3. The largest absolute Gasteiger partial charge is 0.480 e. The van der Waals surface area contributed by atoms with E-state index in [-0.39, 0.29) is 22.2 Å². The van der Waals surface area contributed by atoms with E-state index in [1.807, 2.05) is 29.0 Å². The molecule has 3 heterocycles. The van der Waals surface area contributed by atoms with Crippen LogP contribution in [0.5, 0.6) is 0 Å². The number of hydrogen-bond donors (Lipinski definition) is 2. The van der Waals surface area contributed by atoms with Gasteiger partial charge in [0.2, 0.25) is 10.0 Å².